The van der Waals surface area contributed by atoms with Crippen molar-refractivity contribution in [3.8, 4) is 0 Å². The molecule has 130 valence electrons. The average Bonchev–Trinajstić information content (AvgIpc) is 2.86. The Morgan fingerprint density at radius 2 is 2.00 bits per heavy atom. The van der Waals surface area contributed by atoms with E-state index in [2.05, 4.69) is 20.3 Å². The van der Waals surface area contributed by atoms with Gasteiger partial charge in [-0.3, -0.25) is 9.59 Å². The van der Waals surface area contributed by atoms with Gasteiger partial charge in [0.1, 0.15) is 5.82 Å². The van der Waals surface area contributed by atoms with Crippen LogP contribution in [0, 0.1) is 20.8 Å². The van der Waals surface area contributed by atoms with Crippen LogP contribution in [-0.4, -0.2) is 31.2 Å². The number of anilines is 1. The minimum absolute atomic E-state index is 0.127. The number of nitrogens with zero attached hydrogens (tertiary/aromatic N) is 3. The summed E-state index contributed by atoms with van der Waals surface area (Å²) in [4.78, 5) is 35.3. The number of aromatic amines is 1. The third kappa shape index (κ3) is 3.58. The number of hydrogen-bond donors (Lipinski definition) is 2. The highest BCUT2D eigenvalue weighted by atomic mass is 32.2. The number of aromatic nitrogens is 4. The summed E-state index contributed by atoms with van der Waals surface area (Å²) in [6, 6.07) is 5.80. The highest BCUT2D eigenvalue weighted by molar-refractivity contribution is 7.99. The van der Waals surface area contributed by atoms with Crippen LogP contribution in [0.1, 0.15) is 17.0 Å². The van der Waals surface area contributed by atoms with Crippen molar-refractivity contribution >= 4 is 34.5 Å². The van der Waals surface area contributed by atoms with E-state index in [1.165, 1.54) is 17.3 Å². The lowest BCUT2D eigenvalue weighted by molar-refractivity contribution is -0.113. The molecule has 0 saturated carbocycles. The van der Waals surface area contributed by atoms with Crippen LogP contribution in [0.4, 0.5) is 5.69 Å². The van der Waals surface area contributed by atoms with Crippen molar-refractivity contribution in [2.45, 2.75) is 25.9 Å². The van der Waals surface area contributed by atoms with Gasteiger partial charge in [-0.15, -0.1) is 0 Å². The number of thioether (sulfide) groups is 1. The van der Waals surface area contributed by atoms with Crippen LogP contribution in [0.25, 0.3) is 11.2 Å². The molecule has 0 fully saturated rings. The number of nitrogens with one attached hydrogen (secondary N) is 2. The fourth-order valence-corrected chi connectivity index (χ4v) is 3.20. The Kier molecular flexibility index (Phi) is 4.63. The highest BCUT2D eigenvalue weighted by Gasteiger charge is 2.14. The lowest BCUT2D eigenvalue weighted by atomic mass is 10.1. The normalized spacial score (nSPS) is 11.0. The molecule has 8 heteroatoms. The number of H-pyrrole nitrogens is 1. The lowest BCUT2D eigenvalue weighted by Crippen LogP contribution is -2.14. The number of amides is 1. The van der Waals surface area contributed by atoms with Crippen molar-refractivity contribution < 1.29 is 4.79 Å². The molecule has 7 nitrogen and oxygen atoms in total. The number of aryl methyl sites for hydroxylation is 4. The summed E-state index contributed by atoms with van der Waals surface area (Å²) in [5, 5.41) is 3.45. The van der Waals surface area contributed by atoms with E-state index in [4.69, 9.17) is 0 Å². The molecule has 0 atom stereocenters. The summed E-state index contributed by atoms with van der Waals surface area (Å²) < 4.78 is 1.73. The number of fused-ring (bicyclic) bond motifs is 1. The van der Waals surface area contributed by atoms with Crippen molar-refractivity contribution in [2.75, 3.05) is 11.1 Å². The zero-order valence-corrected chi connectivity index (χ0v) is 15.3. The minimum Gasteiger partial charge on any atom is -0.325 e. The number of imidazole rings is 1. The largest absolute Gasteiger partial charge is 0.325 e. The van der Waals surface area contributed by atoms with Crippen molar-refractivity contribution in [2.24, 2.45) is 7.05 Å². The molecule has 0 bridgehead atoms. The van der Waals surface area contributed by atoms with Gasteiger partial charge in [-0.1, -0.05) is 17.8 Å². The Morgan fingerprint density at radius 3 is 2.72 bits per heavy atom. The Hall–Kier alpha value is -2.61. The van der Waals surface area contributed by atoms with E-state index in [9.17, 15) is 9.59 Å². The van der Waals surface area contributed by atoms with Crippen LogP contribution in [-0.2, 0) is 11.8 Å². The molecular weight excluding hydrogens is 338 g/mol. The average molecular weight is 357 g/mol. The fourth-order valence-electron chi connectivity index (χ4n) is 2.44. The Morgan fingerprint density at radius 1 is 1.24 bits per heavy atom. The first kappa shape index (κ1) is 17.2. The van der Waals surface area contributed by atoms with Gasteiger partial charge in [-0.2, -0.15) is 0 Å². The van der Waals surface area contributed by atoms with E-state index in [1.54, 1.807) is 18.5 Å². The molecule has 0 spiro atoms. The molecule has 3 rings (SSSR count). The molecule has 1 aromatic carbocycles. The van der Waals surface area contributed by atoms with Gasteiger partial charge in [0.2, 0.25) is 5.91 Å². The zero-order chi connectivity index (χ0) is 18.1. The third-order valence-electron chi connectivity index (χ3n) is 3.93. The Balaban J connectivity index is 1.73. The Labute approximate surface area is 148 Å². The van der Waals surface area contributed by atoms with Crippen molar-refractivity contribution in [1.29, 1.82) is 0 Å². The maximum atomic E-state index is 12.2. The maximum Gasteiger partial charge on any atom is 0.279 e. The molecule has 2 aromatic heterocycles. The van der Waals surface area contributed by atoms with Crippen LogP contribution in [0.2, 0.25) is 0 Å². The number of hydrogen-bond acceptors (Lipinski definition) is 5. The monoisotopic (exact) mass is 357 g/mol. The molecule has 0 aliphatic heterocycles. The van der Waals surface area contributed by atoms with Crippen LogP contribution in [0.3, 0.4) is 0 Å². The molecule has 2 N–H and O–H groups in total. The van der Waals surface area contributed by atoms with Gasteiger partial charge >= 0.3 is 0 Å². The van der Waals surface area contributed by atoms with E-state index in [0.29, 0.717) is 16.6 Å². The summed E-state index contributed by atoms with van der Waals surface area (Å²) in [7, 11) is 1.78. The number of benzene rings is 1. The number of rotatable bonds is 4. The first-order chi connectivity index (χ1) is 11.8. The van der Waals surface area contributed by atoms with Crippen molar-refractivity contribution in [1.82, 2.24) is 19.5 Å². The Bertz CT molecular complexity index is 1020. The molecule has 0 aliphatic carbocycles. The molecule has 1 amide bonds. The summed E-state index contributed by atoms with van der Waals surface area (Å²) in [5.74, 6) is 0.601. The van der Waals surface area contributed by atoms with Crippen LogP contribution in [0.5, 0.6) is 0 Å². The van der Waals surface area contributed by atoms with E-state index in [1.807, 2.05) is 32.0 Å². The number of carbonyl (C=O) groups is 1. The topological polar surface area (TPSA) is 92.7 Å². The fraction of sp³-hybridized carbons (Fsp3) is 0.294. The SMILES string of the molecule is Cc1nc2c(nc(SCC(=O)Nc3ccc(C)c(C)c3)n2C)c(=O)[nH]1. The smallest absolute Gasteiger partial charge is 0.279 e. The van der Waals surface area contributed by atoms with Gasteiger partial charge in [-0.05, 0) is 44.0 Å². The second-order valence-electron chi connectivity index (χ2n) is 5.91. The van der Waals surface area contributed by atoms with Crippen molar-refractivity contribution in [3.05, 3.63) is 45.5 Å². The molecule has 2 heterocycles. The predicted molar refractivity (Wildman–Crippen MR) is 99.1 cm³/mol. The second kappa shape index (κ2) is 6.72. The molecule has 0 aliphatic rings. The molecule has 0 radical (unpaired) electrons. The highest BCUT2D eigenvalue weighted by Crippen LogP contribution is 2.20. The molecule has 25 heavy (non-hydrogen) atoms. The second-order valence-corrected chi connectivity index (χ2v) is 6.86. The molecule has 0 unspecified atom stereocenters. The van der Waals surface area contributed by atoms with E-state index in [0.717, 1.165) is 11.3 Å². The molecule has 3 aromatic rings. The summed E-state index contributed by atoms with van der Waals surface area (Å²) in [6.07, 6.45) is 0. The van der Waals surface area contributed by atoms with Gasteiger partial charge < -0.3 is 14.9 Å². The van der Waals surface area contributed by atoms with Gasteiger partial charge in [-0.25, -0.2) is 9.97 Å². The van der Waals surface area contributed by atoms with E-state index < -0.39 is 0 Å². The first-order valence-corrected chi connectivity index (χ1v) is 8.77. The predicted octanol–water partition coefficient (Wildman–Crippen LogP) is 2.31. The quantitative estimate of drug-likeness (QED) is 0.699. The lowest BCUT2D eigenvalue weighted by Gasteiger charge is -2.07. The van der Waals surface area contributed by atoms with Gasteiger partial charge in [0.05, 0.1) is 5.75 Å². The van der Waals surface area contributed by atoms with Crippen molar-refractivity contribution in [3.63, 3.8) is 0 Å². The van der Waals surface area contributed by atoms with E-state index >= 15 is 0 Å². The summed E-state index contributed by atoms with van der Waals surface area (Å²) in [6.45, 7) is 5.75. The third-order valence-corrected chi connectivity index (χ3v) is 4.96. The number of carbonyl (C=O) groups excluding carboxylic acids is 1. The molecular formula is C17H19N5O2S. The van der Waals surface area contributed by atoms with Crippen LogP contribution < -0.4 is 10.9 Å². The van der Waals surface area contributed by atoms with Gasteiger partial charge in [0.15, 0.2) is 16.3 Å². The maximum absolute atomic E-state index is 12.2. The zero-order valence-electron chi connectivity index (χ0n) is 14.5. The summed E-state index contributed by atoms with van der Waals surface area (Å²) >= 11 is 1.27. The summed E-state index contributed by atoms with van der Waals surface area (Å²) in [5.41, 5.74) is 3.60. The molecule has 0 saturated heterocycles. The van der Waals surface area contributed by atoms with Crippen LogP contribution >= 0.6 is 11.8 Å². The standard InChI is InChI=1S/C17H19N5O2S/c1-9-5-6-12(7-10(9)2)20-13(23)8-25-17-21-14-15(22(17)4)18-11(3)19-16(14)24/h5-7H,8H2,1-4H3,(H,20,23)(H,18,19,24). The van der Waals surface area contributed by atoms with E-state index in [-0.39, 0.29) is 22.7 Å². The first-order valence-electron chi connectivity index (χ1n) is 7.78. The minimum atomic E-state index is -0.274. The van der Waals surface area contributed by atoms with Gasteiger partial charge in [0.25, 0.3) is 5.56 Å². The van der Waals surface area contributed by atoms with Gasteiger partial charge in [0, 0.05) is 12.7 Å². The van der Waals surface area contributed by atoms with Crippen LogP contribution in [0.15, 0.2) is 28.2 Å².